The minimum absolute atomic E-state index is 0.0926. The molecule has 0 saturated carbocycles. The van der Waals surface area contributed by atoms with Gasteiger partial charge < -0.3 is 0 Å². The van der Waals surface area contributed by atoms with Crippen molar-refractivity contribution in [2.45, 2.75) is 33.6 Å². The minimum Gasteiger partial charge on any atom is -0.299 e. The fourth-order valence-corrected chi connectivity index (χ4v) is 3.28. The monoisotopic (exact) mass is 314 g/mol. The number of benzene rings is 1. The zero-order valence-corrected chi connectivity index (χ0v) is 13.5. The van der Waals surface area contributed by atoms with Crippen molar-refractivity contribution < 1.29 is 14.5 Å². The van der Waals surface area contributed by atoms with Gasteiger partial charge in [0.05, 0.1) is 10.8 Å². The number of hydrogen-bond donors (Lipinski definition) is 0. The standard InChI is InChI=1S/C17H18N2O4/c1-9-15(11(3)20)17(16(12(4)21)10(2)18-9)13-7-5-6-8-14(13)19(22)23/h5-8,15,17H,1-4H3. The lowest BCUT2D eigenvalue weighted by Crippen LogP contribution is -2.33. The number of hydrogen-bond acceptors (Lipinski definition) is 5. The summed E-state index contributed by atoms with van der Waals surface area (Å²) in [5.41, 5.74) is 1.73. The molecule has 1 aliphatic rings. The molecule has 0 amide bonds. The summed E-state index contributed by atoms with van der Waals surface area (Å²) in [6.07, 6.45) is 0. The lowest BCUT2D eigenvalue weighted by Gasteiger charge is -2.31. The van der Waals surface area contributed by atoms with Crippen molar-refractivity contribution in [1.82, 2.24) is 0 Å². The van der Waals surface area contributed by atoms with Crippen LogP contribution in [0.25, 0.3) is 0 Å². The molecular weight excluding hydrogens is 296 g/mol. The Morgan fingerprint density at radius 3 is 2.30 bits per heavy atom. The maximum atomic E-state index is 12.2. The number of ketones is 2. The van der Waals surface area contributed by atoms with Gasteiger partial charge in [-0.3, -0.25) is 24.7 Å². The molecule has 2 rings (SSSR count). The first-order chi connectivity index (χ1) is 10.8. The van der Waals surface area contributed by atoms with Crippen molar-refractivity contribution in [2.75, 3.05) is 0 Å². The van der Waals surface area contributed by atoms with E-state index in [1.165, 1.54) is 19.9 Å². The van der Waals surface area contributed by atoms with E-state index in [2.05, 4.69) is 4.99 Å². The summed E-state index contributed by atoms with van der Waals surface area (Å²) in [4.78, 5) is 39.5. The maximum absolute atomic E-state index is 12.2. The van der Waals surface area contributed by atoms with Gasteiger partial charge in [0.2, 0.25) is 0 Å². The summed E-state index contributed by atoms with van der Waals surface area (Å²) in [6, 6.07) is 6.24. The molecule has 1 aromatic rings. The molecule has 0 aliphatic carbocycles. The van der Waals surface area contributed by atoms with E-state index < -0.39 is 16.8 Å². The highest BCUT2D eigenvalue weighted by atomic mass is 16.6. The lowest BCUT2D eigenvalue weighted by molar-refractivity contribution is -0.385. The van der Waals surface area contributed by atoms with Gasteiger partial charge in [0.1, 0.15) is 5.78 Å². The summed E-state index contributed by atoms with van der Waals surface area (Å²) in [6.45, 7) is 6.23. The van der Waals surface area contributed by atoms with E-state index in [1.807, 2.05) is 0 Å². The van der Waals surface area contributed by atoms with Gasteiger partial charge in [0.15, 0.2) is 5.78 Å². The van der Waals surface area contributed by atoms with Crippen molar-refractivity contribution in [3.63, 3.8) is 0 Å². The lowest BCUT2D eigenvalue weighted by atomic mass is 9.72. The first-order valence-electron chi connectivity index (χ1n) is 7.26. The van der Waals surface area contributed by atoms with E-state index in [0.29, 0.717) is 22.5 Å². The van der Waals surface area contributed by atoms with Gasteiger partial charge in [-0.05, 0) is 27.7 Å². The number of rotatable bonds is 4. The summed E-state index contributed by atoms with van der Waals surface area (Å²) < 4.78 is 0. The van der Waals surface area contributed by atoms with Crippen molar-refractivity contribution in [3.05, 3.63) is 51.2 Å². The minimum atomic E-state index is -0.677. The Balaban J connectivity index is 2.78. The normalized spacial score (nSPS) is 21.0. The van der Waals surface area contributed by atoms with Gasteiger partial charge in [0.25, 0.3) is 5.69 Å². The fourth-order valence-electron chi connectivity index (χ4n) is 3.28. The van der Waals surface area contributed by atoms with Crippen molar-refractivity contribution in [1.29, 1.82) is 0 Å². The molecule has 2 atom stereocenters. The molecule has 6 heteroatoms. The molecule has 0 bridgehead atoms. The van der Waals surface area contributed by atoms with Gasteiger partial charge in [-0.2, -0.15) is 0 Å². The fraction of sp³-hybridized carbons (Fsp3) is 0.353. The van der Waals surface area contributed by atoms with Crippen LogP contribution in [0.15, 0.2) is 40.5 Å². The first kappa shape index (κ1) is 16.7. The highest BCUT2D eigenvalue weighted by Crippen LogP contribution is 2.42. The highest BCUT2D eigenvalue weighted by molar-refractivity contribution is 6.09. The number of nitrogens with zero attached hydrogens (tertiary/aromatic N) is 2. The molecule has 1 heterocycles. The number of aliphatic imine (C=N–C) groups is 1. The van der Waals surface area contributed by atoms with Crippen LogP contribution in [0.2, 0.25) is 0 Å². The third-order valence-electron chi connectivity index (χ3n) is 4.11. The number of nitro benzene ring substituents is 1. The van der Waals surface area contributed by atoms with Crippen LogP contribution in [-0.2, 0) is 9.59 Å². The summed E-state index contributed by atoms with van der Waals surface area (Å²) >= 11 is 0. The quantitative estimate of drug-likeness (QED) is 0.630. The van der Waals surface area contributed by atoms with Crippen molar-refractivity contribution >= 4 is 23.0 Å². The van der Waals surface area contributed by atoms with E-state index >= 15 is 0 Å². The third kappa shape index (κ3) is 2.97. The Labute approximate surface area is 134 Å². The predicted octanol–water partition coefficient (Wildman–Crippen LogP) is 3.22. The topological polar surface area (TPSA) is 89.6 Å². The molecule has 0 N–H and O–H groups in total. The number of para-hydroxylation sites is 1. The predicted molar refractivity (Wildman–Crippen MR) is 86.5 cm³/mol. The van der Waals surface area contributed by atoms with Gasteiger partial charge in [0, 0.05) is 34.5 Å². The molecule has 120 valence electrons. The van der Waals surface area contributed by atoms with Gasteiger partial charge >= 0.3 is 0 Å². The van der Waals surface area contributed by atoms with Gasteiger partial charge in [-0.1, -0.05) is 18.2 Å². The van der Waals surface area contributed by atoms with E-state index in [0.717, 1.165) is 0 Å². The Kier molecular flexibility index (Phi) is 4.54. The van der Waals surface area contributed by atoms with Crippen LogP contribution in [0, 0.1) is 16.0 Å². The third-order valence-corrected chi connectivity index (χ3v) is 4.11. The Bertz CT molecular complexity index is 762. The highest BCUT2D eigenvalue weighted by Gasteiger charge is 2.40. The van der Waals surface area contributed by atoms with Crippen LogP contribution in [0.3, 0.4) is 0 Å². The maximum Gasteiger partial charge on any atom is 0.273 e. The van der Waals surface area contributed by atoms with Crippen LogP contribution < -0.4 is 0 Å². The molecule has 6 nitrogen and oxygen atoms in total. The summed E-state index contributed by atoms with van der Waals surface area (Å²) in [7, 11) is 0. The van der Waals surface area contributed by atoms with Crippen LogP contribution in [-0.4, -0.2) is 22.2 Å². The van der Waals surface area contributed by atoms with Crippen LogP contribution in [0.1, 0.15) is 39.2 Å². The van der Waals surface area contributed by atoms with Crippen LogP contribution >= 0.6 is 0 Å². The number of carbonyl (C=O) groups is 2. The number of Topliss-reactive ketones (excluding diaryl/α,β-unsaturated/α-hetero) is 2. The Morgan fingerprint density at radius 2 is 1.78 bits per heavy atom. The first-order valence-corrected chi connectivity index (χ1v) is 7.26. The van der Waals surface area contributed by atoms with E-state index in [-0.39, 0.29) is 17.3 Å². The van der Waals surface area contributed by atoms with Gasteiger partial charge in [-0.15, -0.1) is 0 Å². The van der Waals surface area contributed by atoms with E-state index in [9.17, 15) is 19.7 Å². The molecule has 0 aromatic heterocycles. The van der Waals surface area contributed by atoms with E-state index in [4.69, 9.17) is 0 Å². The zero-order valence-electron chi connectivity index (χ0n) is 13.5. The number of carbonyl (C=O) groups excluding carboxylic acids is 2. The average molecular weight is 314 g/mol. The summed E-state index contributed by atoms with van der Waals surface area (Å²) in [5, 5.41) is 11.4. The van der Waals surface area contributed by atoms with E-state index in [1.54, 1.807) is 32.0 Å². The zero-order chi connectivity index (χ0) is 17.3. The SMILES string of the molecule is CC(=O)C1=C(C)N=C(C)C(C(C)=O)C1c1ccccc1[N+](=O)[O-]. The molecule has 0 fully saturated rings. The second-order valence-electron chi connectivity index (χ2n) is 5.69. The molecule has 0 radical (unpaired) electrons. The summed E-state index contributed by atoms with van der Waals surface area (Å²) in [5.74, 6) is -1.74. The van der Waals surface area contributed by atoms with Crippen molar-refractivity contribution in [3.8, 4) is 0 Å². The molecule has 23 heavy (non-hydrogen) atoms. The van der Waals surface area contributed by atoms with Crippen LogP contribution in [0.5, 0.6) is 0 Å². The van der Waals surface area contributed by atoms with Crippen molar-refractivity contribution in [2.24, 2.45) is 10.9 Å². The second-order valence-corrected chi connectivity index (χ2v) is 5.69. The van der Waals surface area contributed by atoms with Crippen LogP contribution in [0.4, 0.5) is 5.69 Å². The van der Waals surface area contributed by atoms with Gasteiger partial charge in [-0.25, -0.2) is 0 Å². The largest absolute Gasteiger partial charge is 0.299 e. The molecule has 1 aromatic carbocycles. The Hall–Kier alpha value is -2.63. The number of allylic oxidation sites excluding steroid dienone is 2. The second kappa shape index (κ2) is 6.24. The molecule has 1 aliphatic heterocycles. The smallest absolute Gasteiger partial charge is 0.273 e. The Morgan fingerprint density at radius 1 is 1.17 bits per heavy atom. The molecule has 2 unspecified atom stereocenters. The molecule has 0 saturated heterocycles. The molecule has 0 spiro atoms. The molecular formula is C17H18N2O4. The average Bonchev–Trinajstić information content (AvgIpc) is 2.45. The number of nitro groups is 1.